The average Bonchev–Trinajstić information content (AvgIpc) is 3.14. The van der Waals surface area contributed by atoms with Crippen LogP contribution in [0.2, 0.25) is 5.02 Å². The summed E-state index contributed by atoms with van der Waals surface area (Å²) in [7, 11) is 0. The number of rotatable bonds is 6. The van der Waals surface area contributed by atoms with Crippen LogP contribution in [-0.4, -0.2) is 30.9 Å². The molecule has 1 aliphatic heterocycles. The third-order valence-corrected chi connectivity index (χ3v) is 5.99. The van der Waals surface area contributed by atoms with E-state index in [0.29, 0.717) is 5.92 Å². The number of nitrogens with zero attached hydrogens (tertiary/aromatic N) is 1. The Balaban J connectivity index is 1.46. The maximum Gasteiger partial charge on any atom is 0.416 e. The van der Waals surface area contributed by atoms with Gasteiger partial charge in [-0.25, -0.2) is 0 Å². The van der Waals surface area contributed by atoms with Crippen LogP contribution in [-0.2, 0) is 6.18 Å². The molecule has 8 heteroatoms. The van der Waals surface area contributed by atoms with Crippen molar-refractivity contribution in [1.82, 2.24) is 10.6 Å². The molecule has 1 aromatic carbocycles. The van der Waals surface area contributed by atoms with Gasteiger partial charge in [0, 0.05) is 12.6 Å². The van der Waals surface area contributed by atoms with Gasteiger partial charge < -0.3 is 10.6 Å². The van der Waals surface area contributed by atoms with E-state index >= 15 is 0 Å². The molecule has 0 bridgehead atoms. The third kappa shape index (κ3) is 6.00. The van der Waals surface area contributed by atoms with Crippen molar-refractivity contribution in [3.05, 3.63) is 46.0 Å². The molecule has 1 saturated carbocycles. The largest absolute Gasteiger partial charge is 0.416 e. The lowest BCUT2D eigenvalue weighted by molar-refractivity contribution is -0.137. The molecule has 0 radical (unpaired) electrons. The minimum Gasteiger partial charge on any atom is -0.370 e. The lowest BCUT2D eigenvalue weighted by atomic mass is 9.86. The van der Waals surface area contributed by atoms with E-state index in [4.69, 9.17) is 11.6 Å². The summed E-state index contributed by atoms with van der Waals surface area (Å²) in [6.45, 7) is 3.78. The van der Waals surface area contributed by atoms with Crippen molar-refractivity contribution in [3.63, 3.8) is 0 Å². The fourth-order valence-electron chi connectivity index (χ4n) is 3.95. The Labute approximate surface area is 180 Å². The number of amidine groups is 1. The normalized spacial score (nSPS) is 21.8. The summed E-state index contributed by atoms with van der Waals surface area (Å²) < 4.78 is 38.7. The Morgan fingerprint density at radius 2 is 1.97 bits per heavy atom. The molecule has 1 aliphatic carbocycles. The maximum absolute atomic E-state index is 12.9. The predicted molar refractivity (Wildman–Crippen MR) is 113 cm³/mol. The molecule has 4 nitrogen and oxygen atoms in total. The third-order valence-electron chi connectivity index (χ3n) is 5.66. The number of halogens is 4. The summed E-state index contributed by atoms with van der Waals surface area (Å²) in [4.78, 5) is 17.0. The molecule has 1 fully saturated rings. The van der Waals surface area contributed by atoms with Crippen molar-refractivity contribution in [2.45, 2.75) is 57.7 Å². The van der Waals surface area contributed by atoms with Crippen molar-refractivity contribution in [1.29, 1.82) is 0 Å². The van der Waals surface area contributed by atoms with E-state index in [-0.39, 0.29) is 16.6 Å². The van der Waals surface area contributed by atoms with Gasteiger partial charge in [-0.15, -0.1) is 0 Å². The Hall–Kier alpha value is -2.02. The second-order valence-electron chi connectivity index (χ2n) is 8.02. The quantitative estimate of drug-likeness (QED) is 0.623. The zero-order valence-electron chi connectivity index (χ0n) is 17.0. The van der Waals surface area contributed by atoms with Gasteiger partial charge in [0.05, 0.1) is 22.7 Å². The van der Waals surface area contributed by atoms with Crippen LogP contribution in [0.25, 0.3) is 0 Å². The highest BCUT2D eigenvalue weighted by Crippen LogP contribution is 2.32. The smallest absolute Gasteiger partial charge is 0.370 e. The van der Waals surface area contributed by atoms with Crippen LogP contribution in [0.15, 0.2) is 34.8 Å². The standard InChI is InChI=1S/C22H27ClF3N3O/c1-2-3-15-10-20(28-13-15)27-12-14-4-7-17(8-5-14)29-21(30)18-11-16(22(24,25)26)6-9-19(18)23/h6,9-11,14,17H,2-5,7-8,12-13H2,1H3,(H,27,28)(H,29,30). The van der Waals surface area contributed by atoms with Crippen LogP contribution < -0.4 is 10.6 Å². The lowest BCUT2D eigenvalue weighted by Gasteiger charge is -2.29. The molecule has 30 heavy (non-hydrogen) atoms. The Bertz CT molecular complexity index is 827. The molecule has 1 amide bonds. The van der Waals surface area contributed by atoms with Crippen LogP contribution in [0, 0.1) is 5.92 Å². The van der Waals surface area contributed by atoms with Gasteiger partial charge in [-0.2, -0.15) is 13.2 Å². The molecule has 0 atom stereocenters. The van der Waals surface area contributed by atoms with E-state index in [1.807, 2.05) is 0 Å². The van der Waals surface area contributed by atoms with Gasteiger partial charge in [-0.1, -0.05) is 24.9 Å². The number of carbonyl (C=O) groups excluding carboxylic acids is 1. The number of carbonyl (C=O) groups is 1. The van der Waals surface area contributed by atoms with Crippen LogP contribution in [0.3, 0.4) is 0 Å². The first-order valence-corrected chi connectivity index (χ1v) is 10.8. The fourth-order valence-corrected chi connectivity index (χ4v) is 4.15. The topological polar surface area (TPSA) is 53.5 Å². The molecule has 1 aromatic rings. The van der Waals surface area contributed by atoms with Crippen LogP contribution in [0.5, 0.6) is 0 Å². The average molecular weight is 442 g/mol. The van der Waals surface area contributed by atoms with Crippen molar-refractivity contribution in [3.8, 4) is 0 Å². The number of alkyl halides is 3. The summed E-state index contributed by atoms with van der Waals surface area (Å²) in [5, 5.41) is 6.28. The second kappa shape index (κ2) is 9.86. The first-order chi connectivity index (χ1) is 14.3. The second-order valence-corrected chi connectivity index (χ2v) is 8.43. The highest BCUT2D eigenvalue weighted by Gasteiger charge is 2.32. The lowest BCUT2D eigenvalue weighted by Crippen LogP contribution is -2.39. The Morgan fingerprint density at radius 1 is 1.23 bits per heavy atom. The number of benzene rings is 1. The van der Waals surface area contributed by atoms with Crippen molar-refractivity contribution >= 4 is 23.3 Å². The fraction of sp³-hybridized carbons (Fsp3) is 0.545. The highest BCUT2D eigenvalue weighted by molar-refractivity contribution is 6.33. The molecular weight excluding hydrogens is 415 g/mol. The minimum atomic E-state index is -4.51. The number of nitrogens with one attached hydrogen (secondary N) is 2. The SMILES string of the molecule is CCCC1=CC(NCC2CCC(NC(=O)c3cc(C(F)(F)F)ccc3Cl)CC2)=NC1. The van der Waals surface area contributed by atoms with Crippen molar-refractivity contribution < 1.29 is 18.0 Å². The maximum atomic E-state index is 12.9. The van der Waals surface area contributed by atoms with E-state index in [2.05, 4.69) is 28.6 Å². The molecular formula is C22H27ClF3N3O. The summed E-state index contributed by atoms with van der Waals surface area (Å²) in [5.41, 5.74) is 0.349. The van der Waals surface area contributed by atoms with Crippen LogP contribution >= 0.6 is 11.6 Å². The molecule has 0 aromatic heterocycles. The first kappa shape index (κ1) is 22.7. The molecule has 0 unspecified atom stereocenters. The van der Waals surface area contributed by atoms with Crippen LogP contribution in [0.4, 0.5) is 13.2 Å². The molecule has 2 N–H and O–H groups in total. The minimum absolute atomic E-state index is 0.0196. The number of aliphatic imine (C=N–C) groups is 1. The summed E-state index contributed by atoms with van der Waals surface area (Å²) in [5.74, 6) is 0.885. The van der Waals surface area contributed by atoms with E-state index in [0.717, 1.165) is 75.6 Å². The Morgan fingerprint density at radius 3 is 2.63 bits per heavy atom. The number of hydrogen-bond donors (Lipinski definition) is 2. The predicted octanol–water partition coefficient (Wildman–Crippen LogP) is 5.38. The monoisotopic (exact) mass is 441 g/mol. The van der Waals surface area contributed by atoms with Crippen molar-refractivity contribution in [2.75, 3.05) is 13.1 Å². The zero-order valence-corrected chi connectivity index (χ0v) is 17.7. The molecule has 164 valence electrons. The molecule has 1 heterocycles. The number of amides is 1. The van der Waals surface area contributed by atoms with E-state index < -0.39 is 17.6 Å². The van der Waals surface area contributed by atoms with Gasteiger partial charge in [-0.05, 0) is 67.9 Å². The summed E-state index contributed by atoms with van der Waals surface area (Å²) in [6, 6.07) is 2.76. The van der Waals surface area contributed by atoms with E-state index in [9.17, 15) is 18.0 Å². The van der Waals surface area contributed by atoms with Crippen LogP contribution in [0.1, 0.15) is 61.4 Å². The summed E-state index contributed by atoms with van der Waals surface area (Å²) >= 11 is 5.96. The van der Waals surface area contributed by atoms with Gasteiger partial charge in [0.25, 0.3) is 5.91 Å². The zero-order chi connectivity index (χ0) is 21.7. The van der Waals surface area contributed by atoms with E-state index in [1.165, 1.54) is 5.57 Å². The molecule has 0 spiro atoms. The van der Waals surface area contributed by atoms with Gasteiger partial charge in [-0.3, -0.25) is 9.79 Å². The number of hydrogen-bond acceptors (Lipinski definition) is 3. The Kier molecular flexibility index (Phi) is 7.45. The molecule has 0 saturated heterocycles. The van der Waals surface area contributed by atoms with Crippen molar-refractivity contribution in [2.24, 2.45) is 10.9 Å². The summed E-state index contributed by atoms with van der Waals surface area (Å²) in [6.07, 6.45) is 3.27. The van der Waals surface area contributed by atoms with Gasteiger partial charge in [0.1, 0.15) is 5.84 Å². The van der Waals surface area contributed by atoms with E-state index in [1.54, 1.807) is 0 Å². The van der Waals surface area contributed by atoms with Gasteiger partial charge >= 0.3 is 6.18 Å². The molecule has 2 aliphatic rings. The van der Waals surface area contributed by atoms with Gasteiger partial charge in [0.2, 0.25) is 0 Å². The first-order valence-electron chi connectivity index (χ1n) is 10.4. The highest BCUT2D eigenvalue weighted by atomic mass is 35.5. The molecule has 3 rings (SSSR count). The van der Waals surface area contributed by atoms with Gasteiger partial charge in [0.15, 0.2) is 0 Å².